The number of hydrazone groups is 1. The highest BCUT2D eigenvalue weighted by Gasteiger charge is 2.03. The predicted molar refractivity (Wildman–Crippen MR) is 74.8 cm³/mol. The molecule has 0 fully saturated rings. The molecule has 1 amide bonds. The lowest BCUT2D eigenvalue weighted by atomic mass is 10.2. The van der Waals surface area contributed by atoms with Gasteiger partial charge in [-0.2, -0.15) is 5.10 Å². The largest absolute Gasteiger partial charge is 0.497 e. The number of hydrogen-bond donors (Lipinski definition) is 1. The van der Waals surface area contributed by atoms with E-state index in [1.165, 1.54) is 0 Å². The molecule has 0 bridgehead atoms. The van der Waals surface area contributed by atoms with E-state index in [-0.39, 0.29) is 5.91 Å². The van der Waals surface area contributed by atoms with Crippen LogP contribution in [0.25, 0.3) is 0 Å². The molecular weight excluding hydrogens is 244 g/mol. The van der Waals surface area contributed by atoms with Crippen molar-refractivity contribution in [1.29, 1.82) is 0 Å². The Hall–Kier alpha value is -2.04. The second-order valence-electron chi connectivity index (χ2n) is 4.00. The van der Waals surface area contributed by atoms with Crippen LogP contribution in [0.1, 0.15) is 31.7 Å². The number of carbonyl (C=O) groups is 1. The van der Waals surface area contributed by atoms with Crippen molar-refractivity contribution in [3.8, 4) is 11.5 Å². The van der Waals surface area contributed by atoms with Gasteiger partial charge >= 0.3 is 0 Å². The van der Waals surface area contributed by atoms with E-state index >= 15 is 0 Å². The number of hydrogen-bond acceptors (Lipinski definition) is 4. The fourth-order valence-corrected chi connectivity index (χ4v) is 1.51. The molecule has 1 aromatic carbocycles. The fraction of sp³-hybridized carbons (Fsp3) is 0.429. The zero-order valence-electron chi connectivity index (χ0n) is 11.6. The number of amides is 1. The third kappa shape index (κ3) is 4.99. The summed E-state index contributed by atoms with van der Waals surface area (Å²) in [6.07, 6.45) is 3.89. The summed E-state index contributed by atoms with van der Waals surface area (Å²) in [5.74, 6) is 1.30. The smallest absolute Gasteiger partial charge is 0.240 e. The summed E-state index contributed by atoms with van der Waals surface area (Å²) in [5.41, 5.74) is 3.24. The minimum atomic E-state index is -0.0834. The molecule has 0 heterocycles. The van der Waals surface area contributed by atoms with E-state index in [0.29, 0.717) is 17.9 Å². The van der Waals surface area contributed by atoms with Gasteiger partial charge in [0.25, 0.3) is 0 Å². The minimum absolute atomic E-state index is 0.0834. The van der Waals surface area contributed by atoms with E-state index in [1.54, 1.807) is 38.6 Å². The SMILES string of the molecule is CCCCC(=O)NN=Cc1cc(OC)ccc1OC. The molecule has 0 unspecified atom stereocenters. The Bertz CT molecular complexity index is 444. The number of unbranched alkanes of at least 4 members (excludes halogenated alkanes) is 1. The Kier molecular flexibility index (Phi) is 6.43. The van der Waals surface area contributed by atoms with Crippen molar-refractivity contribution < 1.29 is 14.3 Å². The van der Waals surface area contributed by atoms with Crippen LogP contribution in [-0.2, 0) is 4.79 Å². The number of ether oxygens (including phenoxy) is 2. The third-order valence-electron chi connectivity index (χ3n) is 2.59. The highest BCUT2D eigenvalue weighted by atomic mass is 16.5. The molecule has 1 N–H and O–H groups in total. The Morgan fingerprint density at radius 3 is 2.79 bits per heavy atom. The topological polar surface area (TPSA) is 59.9 Å². The van der Waals surface area contributed by atoms with Gasteiger partial charge < -0.3 is 9.47 Å². The summed E-state index contributed by atoms with van der Waals surface area (Å²) in [7, 11) is 3.17. The second-order valence-corrected chi connectivity index (χ2v) is 4.00. The van der Waals surface area contributed by atoms with Crippen LogP contribution in [0.4, 0.5) is 0 Å². The number of carbonyl (C=O) groups excluding carboxylic acids is 1. The standard InChI is InChI=1S/C14H20N2O3/c1-4-5-6-14(17)16-15-10-11-9-12(18-2)7-8-13(11)19-3/h7-10H,4-6H2,1-3H3,(H,16,17). The molecule has 0 aliphatic carbocycles. The monoisotopic (exact) mass is 264 g/mol. The van der Waals surface area contributed by atoms with Crippen LogP contribution >= 0.6 is 0 Å². The first kappa shape index (κ1) is 15.0. The van der Waals surface area contributed by atoms with Crippen LogP contribution in [-0.4, -0.2) is 26.3 Å². The number of rotatable bonds is 7. The molecule has 0 saturated heterocycles. The molecular formula is C14H20N2O3. The van der Waals surface area contributed by atoms with Crippen molar-refractivity contribution >= 4 is 12.1 Å². The number of methoxy groups -OCH3 is 2. The maximum absolute atomic E-state index is 11.4. The molecule has 19 heavy (non-hydrogen) atoms. The molecule has 0 spiro atoms. The van der Waals surface area contributed by atoms with Gasteiger partial charge in [0.05, 0.1) is 20.4 Å². The van der Waals surface area contributed by atoms with Crippen LogP contribution in [0.5, 0.6) is 11.5 Å². The summed E-state index contributed by atoms with van der Waals surface area (Å²) >= 11 is 0. The normalized spacial score (nSPS) is 10.5. The molecule has 104 valence electrons. The molecule has 0 aliphatic heterocycles. The summed E-state index contributed by atoms with van der Waals surface area (Å²) in [6, 6.07) is 5.38. The van der Waals surface area contributed by atoms with E-state index in [2.05, 4.69) is 10.5 Å². The number of nitrogens with zero attached hydrogens (tertiary/aromatic N) is 1. The van der Waals surface area contributed by atoms with E-state index < -0.39 is 0 Å². The zero-order valence-corrected chi connectivity index (χ0v) is 11.6. The molecule has 0 aliphatic rings. The van der Waals surface area contributed by atoms with Crippen molar-refractivity contribution in [2.24, 2.45) is 5.10 Å². The van der Waals surface area contributed by atoms with Crippen LogP contribution in [0, 0.1) is 0 Å². The lowest BCUT2D eigenvalue weighted by Crippen LogP contribution is -2.16. The van der Waals surface area contributed by atoms with E-state index in [1.807, 2.05) is 6.92 Å². The number of benzene rings is 1. The molecule has 0 aromatic heterocycles. The number of nitrogens with one attached hydrogen (secondary N) is 1. The third-order valence-corrected chi connectivity index (χ3v) is 2.59. The summed E-state index contributed by atoms with van der Waals surface area (Å²) in [4.78, 5) is 11.4. The molecule has 0 saturated carbocycles. The van der Waals surface area contributed by atoms with E-state index in [4.69, 9.17) is 9.47 Å². The summed E-state index contributed by atoms with van der Waals surface area (Å²) in [5, 5.41) is 3.92. The fourth-order valence-electron chi connectivity index (χ4n) is 1.51. The summed E-state index contributed by atoms with van der Waals surface area (Å²) in [6.45, 7) is 2.04. The highest BCUT2D eigenvalue weighted by molar-refractivity contribution is 5.85. The van der Waals surface area contributed by atoms with E-state index in [9.17, 15) is 4.79 Å². The van der Waals surface area contributed by atoms with Gasteiger partial charge in [-0.15, -0.1) is 0 Å². The van der Waals surface area contributed by atoms with Crippen molar-refractivity contribution in [2.45, 2.75) is 26.2 Å². The van der Waals surface area contributed by atoms with Gasteiger partial charge in [0.2, 0.25) is 5.91 Å². The average molecular weight is 264 g/mol. The van der Waals surface area contributed by atoms with Gasteiger partial charge in [0.15, 0.2) is 0 Å². The molecule has 1 aromatic rings. The first-order valence-corrected chi connectivity index (χ1v) is 6.25. The lowest BCUT2D eigenvalue weighted by Gasteiger charge is -2.06. The van der Waals surface area contributed by atoms with Gasteiger partial charge in [0.1, 0.15) is 11.5 Å². The first-order valence-electron chi connectivity index (χ1n) is 6.25. The van der Waals surface area contributed by atoms with Crippen molar-refractivity contribution in [3.63, 3.8) is 0 Å². The molecule has 0 atom stereocenters. The zero-order chi connectivity index (χ0) is 14.1. The van der Waals surface area contributed by atoms with Gasteiger partial charge in [-0.3, -0.25) is 4.79 Å². The Labute approximate surface area is 113 Å². The van der Waals surface area contributed by atoms with E-state index in [0.717, 1.165) is 18.4 Å². The average Bonchev–Trinajstić information content (AvgIpc) is 2.44. The van der Waals surface area contributed by atoms with Crippen molar-refractivity contribution in [1.82, 2.24) is 5.43 Å². The maximum Gasteiger partial charge on any atom is 0.240 e. The molecule has 0 radical (unpaired) electrons. The molecule has 5 heteroatoms. The second kappa shape index (κ2) is 8.13. The van der Waals surface area contributed by atoms with Gasteiger partial charge in [-0.25, -0.2) is 5.43 Å². The van der Waals surface area contributed by atoms with Crippen molar-refractivity contribution in [3.05, 3.63) is 23.8 Å². The van der Waals surface area contributed by atoms with Gasteiger partial charge in [0, 0.05) is 12.0 Å². The first-order chi connectivity index (χ1) is 9.21. The molecule has 1 rings (SSSR count). The van der Waals surface area contributed by atoms with Crippen LogP contribution in [0.15, 0.2) is 23.3 Å². The van der Waals surface area contributed by atoms with Gasteiger partial charge in [-0.05, 0) is 24.6 Å². The highest BCUT2D eigenvalue weighted by Crippen LogP contribution is 2.22. The van der Waals surface area contributed by atoms with Crippen LogP contribution in [0.3, 0.4) is 0 Å². The maximum atomic E-state index is 11.4. The minimum Gasteiger partial charge on any atom is -0.497 e. The van der Waals surface area contributed by atoms with Crippen molar-refractivity contribution in [2.75, 3.05) is 14.2 Å². The lowest BCUT2D eigenvalue weighted by molar-refractivity contribution is -0.121. The Morgan fingerprint density at radius 1 is 1.37 bits per heavy atom. The molecule has 5 nitrogen and oxygen atoms in total. The Morgan fingerprint density at radius 2 is 2.16 bits per heavy atom. The predicted octanol–water partition coefficient (Wildman–Crippen LogP) is 2.34. The van der Waals surface area contributed by atoms with Crippen LogP contribution in [0.2, 0.25) is 0 Å². The summed E-state index contributed by atoms with van der Waals surface area (Å²) < 4.78 is 10.3. The Balaban J connectivity index is 2.66. The van der Waals surface area contributed by atoms with Gasteiger partial charge in [-0.1, -0.05) is 13.3 Å². The van der Waals surface area contributed by atoms with Crippen LogP contribution < -0.4 is 14.9 Å². The quantitative estimate of drug-likeness (QED) is 0.607.